The number of likely N-dealkylation sites (tertiary alicyclic amines) is 1. The molecule has 1 amide bonds. The molecule has 4 heteroatoms. The van der Waals surface area contributed by atoms with Gasteiger partial charge in [-0.1, -0.05) is 12.1 Å². The van der Waals surface area contributed by atoms with Crippen LogP contribution in [0.15, 0.2) is 24.3 Å². The molecule has 3 nitrogen and oxygen atoms in total. The zero-order valence-electron chi connectivity index (χ0n) is 12.1. The van der Waals surface area contributed by atoms with Crippen LogP contribution in [0.3, 0.4) is 0 Å². The van der Waals surface area contributed by atoms with Crippen LogP contribution < -0.4 is 0 Å². The summed E-state index contributed by atoms with van der Waals surface area (Å²) in [5, 5.41) is 0. The zero-order chi connectivity index (χ0) is 14.4. The monoisotopic (exact) mass is 278 g/mol. The predicted molar refractivity (Wildman–Crippen MR) is 78.0 cm³/mol. The quantitative estimate of drug-likeness (QED) is 0.797. The Kier molecular flexibility index (Phi) is 5.53. The highest BCUT2D eigenvalue weighted by Gasteiger charge is 2.14. The molecule has 0 saturated carbocycles. The summed E-state index contributed by atoms with van der Waals surface area (Å²) in [4.78, 5) is 16.2. The second-order valence-electron chi connectivity index (χ2n) is 5.49. The minimum atomic E-state index is -0.239. The summed E-state index contributed by atoms with van der Waals surface area (Å²) >= 11 is 0. The van der Waals surface area contributed by atoms with Gasteiger partial charge in [0.1, 0.15) is 5.82 Å². The Morgan fingerprint density at radius 3 is 2.80 bits per heavy atom. The van der Waals surface area contributed by atoms with E-state index < -0.39 is 0 Å². The minimum Gasteiger partial charge on any atom is -0.344 e. The van der Waals surface area contributed by atoms with Gasteiger partial charge in [-0.3, -0.25) is 4.79 Å². The Labute approximate surface area is 120 Å². The Hall–Kier alpha value is -1.42. The van der Waals surface area contributed by atoms with Crippen molar-refractivity contribution in [3.8, 4) is 0 Å². The predicted octanol–water partition coefficient (Wildman–Crippen LogP) is 2.31. The Morgan fingerprint density at radius 2 is 2.10 bits per heavy atom. The molecule has 1 aliphatic heterocycles. The number of carbonyl (C=O) groups is 1. The van der Waals surface area contributed by atoms with Gasteiger partial charge < -0.3 is 9.80 Å². The highest BCUT2D eigenvalue weighted by atomic mass is 19.1. The number of benzene rings is 1. The van der Waals surface area contributed by atoms with Gasteiger partial charge in [0.2, 0.25) is 5.91 Å². The van der Waals surface area contributed by atoms with E-state index in [2.05, 4.69) is 4.90 Å². The molecule has 1 aromatic rings. The van der Waals surface area contributed by atoms with Crippen molar-refractivity contribution >= 4 is 5.91 Å². The fraction of sp³-hybridized carbons (Fsp3) is 0.562. The summed E-state index contributed by atoms with van der Waals surface area (Å²) in [7, 11) is 1.85. The second-order valence-corrected chi connectivity index (χ2v) is 5.49. The van der Waals surface area contributed by atoms with Gasteiger partial charge in [-0.2, -0.15) is 0 Å². The molecule has 2 rings (SSSR count). The standard InChI is InChI=1S/C16H23FN2O/c1-18(11-12-19-9-2-3-10-19)16(20)8-7-14-5-4-6-15(17)13-14/h4-6,13H,2-3,7-12H2,1H3. The van der Waals surface area contributed by atoms with Crippen molar-refractivity contribution in [3.05, 3.63) is 35.6 Å². The van der Waals surface area contributed by atoms with Crippen LogP contribution in [0.1, 0.15) is 24.8 Å². The maximum absolute atomic E-state index is 13.0. The molecule has 0 atom stereocenters. The van der Waals surface area contributed by atoms with Crippen LogP contribution in [0, 0.1) is 5.82 Å². The third-order valence-corrected chi connectivity index (χ3v) is 3.89. The number of rotatable bonds is 6. The maximum atomic E-state index is 13.0. The number of likely N-dealkylation sites (N-methyl/N-ethyl adjacent to an activating group) is 1. The molecule has 1 aromatic carbocycles. The van der Waals surface area contributed by atoms with E-state index in [9.17, 15) is 9.18 Å². The van der Waals surface area contributed by atoms with Crippen LogP contribution in [0.4, 0.5) is 4.39 Å². The van der Waals surface area contributed by atoms with Crippen LogP contribution in [0.5, 0.6) is 0 Å². The molecule has 1 aliphatic rings. The average Bonchev–Trinajstić information content (AvgIpc) is 2.95. The van der Waals surface area contributed by atoms with Crippen LogP contribution >= 0.6 is 0 Å². The third kappa shape index (κ3) is 4.60. The van der Waals surface area contributed by atoms with Crippen LogP contribution in [-0.2, 0) is 11.2 Å². The number of hydrogen-bond donors (Lipinski definition) is 0. The number of amides is 1. The normalized spacial score (nSPS) is 15.5. The van der Waals surface area contributed by atoms with E-state index >= 15 is 0 Å². The summed E-state index contributed by atoms with van der Waals surface area (Å²) in [6.45, 7) is 4.06. The summed E-state index contributed by atoms with van der Waals surface area (Å²) in [5.41, 5.74) is 0.881. The largest absolute Gasteiger partial charge is 0.344 e. The van der Waals surface area contributed by atoms with Gasteiger partial charge in [-0.05, 0) is 50.0 Å². The van der Waals surface area contributed by atoms with Crippen molar-refractivity contribution in [1.29, 1.82) is 0 Å². The molecule has 0 N–H and O–H groups in total. The van der Waals surface area contributed by atoms with E-state index in [0.29, 0.717) is 12.8 Å². The van der Waals surface area contributed by atoms with E-state index in [0.717, 1.165) is 31.7 Å². The lowest BCUT2D eigenvalue weighted by Crippen LogP contribution is -2.35. The first kappa shape index (κ1) is 15.0. The van der Waals surface area contributed by atoms with E-state index in [4.69, 9.17) is 0 Å². The van der Waals surface area contributed by atoms with Crippen molar-refractivity contribution in [1.82, 2.24) is 9.80 Å². The van der Waals surface area contributed by atoms with Crippen molar-refractivity contribution in [2.45, 2.75) is 25.7 Å². The first-order chi connectivity index (χ1) is 9.65. The van der Waals surface area contributed by atoms with Crippen LogP contribution in [0.2, 0.25) is 0 Å². The third-order valence-electron chi connectivity index (χ3n) is 3.89. The van der Waals surface area contributed by atoms with E-state index in [-0.39, 0.29) is 11.7 Å². The Balaban J connectivity index is 1.70. The minimum absolute atomic E-state index is 0.133. The van der Waals surface area contributed by atoms with Crippen molar-refractivity contribution in [2.75, 3.05) is 33.2 Å². The molecule has 0 unspecified atom stereocenters. The Morgan fingerprint density at radius 1 is 1.35 bits per heavy atom. The van der Waals surface area contributed by atoms with Gasteiger partial charge >= 0.3 is 0 Å². The summed E-state index contributed by atoms with van der Waals surface area (Å²) in [6.07, 6.45) is 3.60. The lowest BCUT2D eigenvalue weighted by atomic mass is 10.1. The Bertz CT molecular complexity index is 444. The maximum Gasteiger partial charge on any atom is 0.222 e. The number of aryl methyl sites for hydroxylation is 1. The second kappa shape index (κ2) is 7.39. The highest BCUT2D eigenvalue weighted by molar-refractivity contribution is 5.76. The first-order valence-electron chi connectivity index (χ1n) is 7.36. The molecule has 0 spiro atoms. The van der Waals surface area contributed by atoms with Crippen molar-refractivity contribution < 1.29 is 9.18 Å². The molecule has 0 bridgehead atoms. The fourth-order valence-corrected chi connectivity index (χ4v) is 2.56. The summed E-state index contributed by atoms with van der Waals surface area (Å²) in [5.74, 6) is -0.106. The highest BCUT2D eigenvalue weighted by Crippen LogP contribution is 2.09. The average molecular weight is 278 g/mol. The molecule has 0 aliphatic carbocycles. The molecule has 1 fully saturated rings. The van der Waals surface area contributed by atoms with Crippen molar-refractivity contribution in [3.63, 3.8) is 0 Å². The van der Waals surface area contributed by atoms with Crippen molar-refractivity contribution in [2.24, 2.45) is 0 Å². The van der Waals surface area contributed by atoms with Gasteiger partial charge in [0.05, 0.1) is 0 Å². The number of carbonyl (C=O) groups excluding carboxylic acids is 1. The van der Waals surface area contributed by atoms with Gasteiger partial charge in [-0.25, -0.2) is 4.39 Å². The molecule has 20 heavy (non-hydrogen) atoms. The van der Waals surface area contributed by atoms with Gasteiger partial charge in [0, 0.05) is 26.6 Å². The molecule has 1 heterocycles. The van der Waals surface area contributed by atoms with Crippen LogP contribution in [0.25, 0.3) is 0 Å². The van der Waals surface area contributed by atoms with Gasteiger partial charge in [-0.15, -0.1) is 0 Å². The number of nitrogens with zero attached hydrogens (tertiary/aromatic N) is 2. The topological polar surface area (TPSA) is 23.6 Å². The molecule has 110 valence electrons. The number of halogens is 1. The molecule has 0 radical (unpaired) electrons. The summed E-state index contributed by atoms with van der Waals surface area (Å²) < 4.78 is 13.0. The molecular weight excluding hydrogens is 255 g/mol. The molecule has 1 saturated heterocycles. The fourth-order valence-electron chi connectivity index (χ4n) is 2.56. The zero-order valence-corrected chi connectivity index (χ0v) is 12.1. The van der Waals surface area contributed by atoms with Crippen LogP contribution in [-0.4, -0.2) is 48.9 Å². The van der Waals surface area contributed by atoms with E-state index in [1.54, 1.807) is 11.0 Å². The lowest BCUT2D eigenvalue weighted by Gasteiger charge is -2.21. The van der Waals surface area contributed by atoms with Gasteiger partial charge in [0.15, 0.2) is 0 Å². The lowest BCUT2D eigenvalue weighted by molar-refractivity contribution is -0.130. The SMILES string of the molecule is CN(CCN1CCCC1)C(=O)CCc1cccc(F)c1. The number of hydrogen-bond acceptors (Lipinski definition) is 2. The smallest absolute Gasteiger partial charge is 0.222 e. The molecule has 0 aromatic heterocycles. The van der Waals surface area contributed by atoms with Gasteiger partial charge in [0.25, 0.3) is 0 Å². The molecular formula is C16H23FN2O. The van der Waals surface area contributed by atoms with E-state index in [1.165, 1.54) is 25.0 Å². The van der Waals surface area contributed by atoms with E-state index in [1.807, 2.05) is 13.1 Å². The first-order valence-corrected chi connectivity index (χ1v) is 7.36. The summed E-state index contributed by atoms with van der Waals surface area (Å²) in [6, 6.07) is 6.47.